The van der Waals surface area contributed by atoms with Crippen LogP contribution in [0, 0.1) is 6.92 Å². The Morgan fingerprint density at radius 1 is 0.769 bits per heavy atom. The Kier molecular flexibility index (Phi) is 5.23. The van der Waals surface area contributed by atoms with Gasteiger partial charge in [-0.3, -0.25) is 4.79 Å². The van der Waals surface area contributed by atoms with Crippen molar-refractivity contribution in [1.82, 2.24) is 0 Å². The summed E-state index contributed by atoms with van der Waals surface area (Å²) >= 11 is 0. The molecule has 0 saturated carbocycles. The van der Waals surface area contributed by atoms with Crippen molar-refractivity contribution < 1.29 is 4.79 Å². The smallest absolute Gasteiger partial charge is 0.255 e. The lowest BCUT2D eigenvalue weighted by Crippen LogP contribution is -2.13. The first-order valence-corrected chi connectivity index (χ1v) is 8.54. The predicted molar refractivity (Wildman–Crippen MR) is 110 cm³/mol. The first-order valence-electron chi connectivity index (χ1n) is 8.54. The molecule has 0 bridgehead atoms. The van der Waals surface area contributed by atoms with Crippen molar-refractivity contribution >= 4 is 28.7 Å². The summed E-state index contributed by atoms with van der Waals surface area (Å²) in [6.07, 6.45) is 0. The Bertz CT molecular complexity index is 884. The average molecular weight is 345 g/mol. The molecule has 0 fully saturated rings. The molecular weight excluding hydrogens is 322 g/mol. The number of nitrogens with zero attached hydrogens (tertiary/aromatic N) is 1. The van der Waals surface area contributed by atoms with Crippen LogP contribution in [0.3, 0.4) is 0 Å². The second-order valence-electron chi connectivity index (χ2n) is 6.41. The van der Waals surface area contributed by atoms with Gasteiger partial charge in [0, 0.05) is 42.4 Å². The number of rotatable bonds is 5. The molecule has 0 atom stereocenters. The van der Waals surface area contributed by atoms with Crippen molar-refractivity contribution in [2.24, 2.45) is 0 Å². The van der Waals surface area contributed by atoms with Gasteiger partial charge in [0.15, 0.2) is 0 Å². The Labute approximate surface area is 154 Å². The molecule has 3 aromatic rings. The van der Waals surface area contributed by atoms with Crippen LogP contribution in [-0.2, 0) is 0 Å². The lowest BCUT2D eigenvalue weighted by atomic mass is 10.1. The molecule has 0 heterocycles. The molecule has 0 saturated heterocycles. The summed E-state index contributed by atoms with van der Waals surface area (Å²) in [4.78, 5) is 14.4. The predicted octanol–water partition coefficient (Wildman–Crippen LogP) is 5.06. The van der Waals surface area contributed by atoms with E-state index in [1.807, 2.05) is 81.7 Å². The zero-order valence-corrected chi connectivity index (χ0v) is 15.3. The fourth-order valence-corrected chi connectivity index (χ4v) is 2.67. The molecule has 0 spiro atoms. The zero-order chi connectivity index (χ0) is 18.5. The third-order valence-corrected chi connectivity index (χ3v) is 4.20. The van der Waals surface area contributed by atoms with E-state index in [1.165, 1.54) is 0 Å². The summed E-state index contributed by atoms with van der Waals surface area (Å²) in [7, 11) is 4.04. The minimum absolute atomic E-state index is 0.0944. The highest BCUT2D eigenvalue weighted by Gasteiger charge is 2.08. The molecule has 132 valence electrons. The van der Waals surface area contributed by atoms with Crippen LogP contribution in [0.25, 0.3) is 0 Å². The van der Waals surface area contributed by atoms with E-state index in [0.29, 0.717) is 5.56 Å². The number of hydrogen-bond donors (Lipinski definition) is 2. The van der Waals surface area contributed by atoms with Crippen molar-refractivity contribution in [1.29, 1.82) is 0 Å². The fourth-order valence-electron chi connectivity index (χ4n) is 2.67. The second kappa shape index (κ2) is 7.74. The van der Waals surface area contributed by atoms with E-state index >= 15 is 0 Å². The van der Waals surface area contributed by atoms with Gasteiger partial charge in [0.2, 0.25) is 0 Å². The van der Waals surface area contributed by atoms with Crippen molar-refractivity contribution in [3.63, 3.8) is 0 Å². The Balaban J connectivity index is 1.65. The molecular formula is C22H23N3O. The third kappa shape index (κ3) is 4.22. The van der Waals surface area contributed by atoms with Gasteiger partial charge in [0.05, 0.1) is 0 Å². The summed E-state index contributed by atoms with van der Waals surface area (Å²) in [5.41, 5.74) is 5.57. The monoisotopic (exact) mass is 345 g/mol. The van der Waals surface area contributed by atoms with Crippen molar-refractivity contribution in [3.05, 3.63) is 83.9 Å². The molecule has 1 amide bonds. The van der Waals surface area contributed by atoms with Gasteiger partial charge in [0.25, 0.3) is 5.91 Å². The highest BCUT2D eigenvalue weighted by atomic mass is 16.1. The van der Waals surface area contributed by atoms with Crippen LogP contribution in [-0.4, -0.2) is 20.0 Å². The molecule has 2 N–H and O–H groups in total. The van der Waals surface area contributed by atoms with Crippen molar-refractivity contribution in [2.45, 2.75) is 6.92 Å². The standard InChI is InChI=1S/C22H23N3O/c1-16-6-4-5-7-21(16)22(26)24-19-10-8-17(9-11-19)23-18-12-14-20(15-13-18)25(2)3/h4-15,23H,1-3H3,(H,24,26). The average Bonchev–Trinajstić information content (AvgIpc) is 2.64. The third-order valence-electron chi connectivity index (χ3n) is 4.20. The van der Waals surface area contributed by atoms with E-state index in [-0.39, 0.29) is 5.91 Å². The first-order chi connectivity index (χ1) is 12.5. The zero-order valence-electron chi connectivity index (χ0n) is 15.3. The van der Waals surface area contributed by atoms with Gasteiger partial charge >= 0.3 is 0 Å². The van der Waals surface area contributed by atoms with Gasteiger partial charge in [-0.25, -0.2) is 0 Å². The second-order valence-corrected chi connectivity index (χ2v) is 6.41. The van der Waals surface area contributed by atoms with Gasteiger partial charge in [-0.2, -0.15) is 0 Å². The molecule has 3 aromatic carbocycles. The van der Waals surface area contributed by atoms with E-state index in [0.717, 1.165) is 28.3 Å². The number of amides is 1. The molecule has 4 heteroatoms. The molecule has 4 nitrogen and oxygen atoms in total. The largest absolute Gasteiger partial charge is 0.378 e. The number of aryl methyl sites for hydroxylation is 1. The summed E-state index contributed by atoms with van der Waals surface area (Å²) in [5, 5.41) is 6.30. The van der Waals surface area contributed by atoms with Crippen molar-refractivity contribution in [2.75, 3.05) is 29.6 Å². The lowest BCUT2D eigenvalue weighted by molar-refractivity contribution is 0.102. The summed E-state index contributed by atoms with van der Waals surface area (Å²) in [6.45, 7) is 1.93. The van der Waals surface area contributed by atoms with Gasteiger partial charge in [0.1, 0.15) is 0 Å². The number of carbonyl (C=O) groups excluding carboxylic acids is 1. The highest BCUT2D eigenvalue weighted by molar-refractivity contribution is 6.05. The maximum absolute atomic E-state index is 12.4. The van der Waals surface area contributed by atoms with Crippen LogP contribution in [0.2, 0.25) is 0 Å². The molecule has 0 aliphatic heterocycles. The van der Waals surface area contributed by atoms with E-state index in [1.54, 1.807) is 0 Å². The summed E-state index contributed by atoms with van der Waals surface area (Å²) in [6, 6.07) is 23.5. The Hall–Kier alpha value is -3.27. The molecule has 0 aliphatic carbocycles. The van der Waals surface area contributed by atoms with Gasteiger partial charge in [-0.1, -0.05) is 18.2 Å². The minimum atomic E-state index is -0.0944. The van der Waals surface area contributed by atoms with Gasteiger partial charge < -0.3 is 15.5 Å². The van der Waals surface area contributed by atoms with E-state index in [9.17, 15) is 4.79 Å². The van der Waals surface area contributed by atoms with Crippen LogP contribution in [0.15, 0.2) is 72.8 Å². The molecule has 26 heavy (non-hydrogen) atoms. The summed E-state index contributed by atoms with van der Waals surface area (Å²) in [5.74, 6) is -0.0944. The van der Waals surface area contributed by atoms with Crippen LogP contribution in [0.4, 0.5) is 22.7 Å². The molecule has 3 rings (SSSR count). The SMILES string of the molecule is Cc1ccccc1C(=O)Nc1ccc(Nc2ccc(N(C)C)cc2)cc1. The minimum Gasteiger partial charge on any atom is -0.378 e. The highest BCUT2D eigenvalue weighted by Crippen LogP contribution is 2.22. The molecule has 0 aromatic heterocycles. The molecule has 0 unspecified atom stereocenters. The molecule has 0 aliphatic rings. The van der Waals surface area contributed by atoms with Crippen molar-refractivity contribution in [3.8, 4) is 0 Å². The van der Waals surface area contributed by atoms with Crippen LogP contribution < -0.4 is 15.5 Å². The first kappa shape index (κ1) is 17.5. The van der Waals surface area contributed by atoms with E-state index < -0.39 is 0 Å². The topological polar surface area (TPSA) is 44.4 Å². The Morgan fingerprint density at radius 3 is 1.88 bits per heavy atom. The van der Waals surface area contributed by atoms with Gasteiger partial charge in [-0.05, 0) is 67.1 Å². The number of nitrogens with one attached hydrogen (secondary N) is 2. The lowest BCUT2D eigenvalue weighted by Gasteiger charge is -2.13. The normalized spacial score (nSPS) is 10.3. The Morgan fingerprint density at radius 2 is 1.31 bits per heavy atom. The number of benzene rings is 3. The maximum atomic E-state index is 12.4. The van der Waals surface area contributed by atoms with Crippen LogP contribution in [0.1, 0.15) is 15.9 Å². The number of carbonyl (C=O) groups is 1. The molecule has 0 radical (unpaired) electrons. The maximum Gasteiger partial charge on any atom is 0.255 e. The quantitative estimate of drug-likeness (QED) is 0.679. The number of anilines is 4. The van der Waals surface area contributed by atoms with E-state index in [4.69, 9.17) is 0 Å². The summed E-state index contributed by atoms with van der Waals surface area (Å²) < 4.78 is 0. The van der Waals surface area contributed by atoms with Gasteiger partial charge in [-0.15, -0.1) is 0 Å². The van der Waals surface area contributed by atoms with E-state index in [2.05, 4.69) is 27.7 Å². The number of hydrogen-bond acceptors (Lipinski definition) is 3. The fraction of sp³-hybridized carbons (Fsp3) is 0.136. The van der Waals surface area contributed by atoms with Crippen LogP contribution >= 0.6 is 0 Å². The van der Waals surface area contributed by atoms with Crippen LogP contribution in [0.5, 0.6) is 0 Å².